The number of hydrogen-bond acceptors (Lipinski definition) is 4. The van der Waals surface area contributed by atoms with Crippen LogP contribution in [0, 0.1) is 5.82 Å². The van der Waals surface area contributed by atoms with E-state index in [1.54, 1.807) is 11.8 Å². The van der Waals surface area contributed by atoms with E-state index in [1.807, 2.05) is 30.5 Å². The Morgan fingerprint density at radius 1 is 1.30 bits per heavy atom. The Labute approximate surface area is 119 Å². The van der Waals surface area contributed by atoms with Gasteiger partial charge in [0.05, 0.1) is 22.6 Å². The number of nitrogens with one attached hydrogen (secondary N) is 1. The lowest BCUT2D eigenvalue weighted by molar-refractivity contribution is 0.0692. The van der Waals surface area contributed by atoms with Gasteiger partial charge in [0.2, 0.25) is 0 Å². The minimum Gasteiger partial charge on any atom is -0.478 e. The molecule has 0 unspecified atom stereocenters. The third-order valence-electron chi connectivity index (χ3n) is 2.75. The summed E-state index contributed by atoms with van der Waals surface area (Å²) >= 11 is 1.54. The number of carboxylic acid groups (broad SMARTS) is 1. The first-order chi connectivity index (χ1) is 9.52. The van der Waals surface area contributed by atoms with Crippen LogP contribution in [0.4, 0.5) is 21.5 Å². The summed E-state index contributed by atoms with van der Waals surface area (Å²) < 4.78 is 13.7. The molecule has 0 aliphatic carbocycles. The van der Waals surface area contributed by atoms with Gasteiger partial charge in [-0.05, 0) is 24.5 Å². The second kappa shape index (κ2) is 5.83. The van der Waals surface area contributed by atoms with Crippen molar-refractivity contribution in [2.45, 2.75) is 4.90 Å². The summed E-state index contributed by atoms with van der Waals surface area (Å²) in [6.45, 7) is 0. The molecule has 0 aliphatic heterocycles. The van der Waals surface area contributed by atoms with E-state index in [9.17, 15) is 9.18 Å². The zero-order valence-electron chi connectivity index (χ0n) is 10.7. The number of hydrogen-bond donors (Lipinski definition) is 3. The molecule has 0 bridgehead atoms. The lowest BCUT2D eigenvalue weighted by Crippen LogP contribution is -2.05. The van der Waals surface area contributed by atoms with Gasteiger partial charge in [-0.2, -0.15) is 0 Å². The molecule has 2 aromatic rings. The third-order valence-corrected chi connectivity index (χ3v) is 3.54. The highest BCUT2D eigenvalue weighted by Crippen LogP contribution is 2.31. The van der Waals surface area contributed by atoms with Crippen molar-refractivity contribution in [2.24, 2.45) is 0 Å². The van der Waals surface area contributed by atoms with E-state index in [2.05, 4.69) is 5.32 Å². The maximum Gasteiger partial charge on any atom is 0.338 e. The van der Waals surface area contributed by atoms with Crippen LogP contribution in [0.25, 0.3) is 0 Å². The van der Waals surface area contributed by atoms with E-state index >= 15 is 0 Å². The van der Waals surface area contributed by atoms with E-state index in [-0.39, 0.29) is 5.69 Å². The maximum absolute atomic E-state index is 13.7. The van der Waals surface area contributed by atoms with E-state index < -0.39 is 17.3 Å². The molecular formula is C14H13FN2O2S. The number of nitrogens with two attached hydrogens (primary N) is 1. The molecule has 0 atom stereocenters. The van der Waals surface area contributed by atoms with Crippen LogP contribution in [0.5, 0.6) is 0 Å². The number of thioether (sulfide) groups is 1. The number of carbonyl (C=O) groups is 1. The van der Waals surface area contributed by atoms with Gasteiger partial charge < -0.3 is 16.2 Å². The number of aromatic carboxylic acids is 1. The summed E-state index contributed by atoms with van der Waals surface area (Å²) in [7, 11) is 0. The topological polar surface area (TPSA) is 75.3 Å². The smallest absolute Gasteiger partial charge is 0.338 e. The quantitative estimate of drug-likeness (QED) is 0.593. The number of anilines is 3. The van der Waals surface area contributed by atoms with Crippen molar-refractivity contribution < 1.29 is 14.3 Å². The largest absolute Gasteiger partial charge is 0.478 e. The molecule has 2 rings (SSSR count). The number of halogens is 1. The molecule has 2 aromatic carbocycles. The number of carboxylic acids is 1. The van der Waals surface area contributed by atoms with Crippen LogP contribution in [0.1, 0.15) is 10.4 Å². The van der Waals surface area contributed by atoms with Crippen LogP contribution in [0.3, 0.4) is 0 Å². The molecule has 6 heteroatoms. The highest BCUT2D eigenvalue weighted by Gasteiger charge is 2.14. The molecule has 0 saturated carbocycles. The Kier molecular flexibility index (Phi) is 4.14. The van der Waals surface area contributed by atoms with Gasteiger partial charge >= 0.3 is 5.97 Å². The highest BCUT2D eigenvalue weighted by atomic mass is 32.2. The van der Waals surface area contributed by atoms with Crippen LogP contribution in [-0.4, -0.2) is 17.3 Å². The number of benzene rings is 2. The van der Waals surface area contributed by atoms with Gasteiger partial charge in [0.1, 0.15) is 5.82 Å². The van der Waals surface area contributed by atoms with Crippen molar-refractivity contribution in [3.05, 3.63) is 47.8 Å². The number of para-hydroxylation sites is 1. The predicted octanol–water partition coefficient (Wildman–Crippen LogP) is 3.57. The molecule has 0 amide bonds. The van der Waals surface area contributed by atoms with Crippen molar-refractivity contribution >= 4 is 34.8 Å². The van der Waals surface area contributed by atoms with Crippen molar-refractivity contribution in [1.29, 1.82) is 0 Å². The van der Waals surface area contributed by atoms with Crippen LogP contribution in [0.15, 0.2) is 41.3 Å². The number of rotatable bonds is 4. The molecule has 0 aliphatic rings. The van der Waals surface area contributed by atoms with E-state index in [1.165, 1.54) is 0 Å². The highest BCUT2D eigenvalue weighted by molar-refractivity contribution is 7.98. The van der Waals surface area contributed by atoms with Gasteiger partial charge in [0.15, 0.2) is 0 Å². The zero-order valence-corrected chi connectivity index (χ0v) is 11.5. The van der Waals surface area contributed by atoms with Crippen LogP contribution < -0.4 is 11.1 Å². The first kappa shape index (κ1) is 14.2. The minimum absolute atomic E-state index is 0.180. The van der Waals surface area contributed by atoms with Crippen molar-refractivity contribution in [3.8, 4) is 0 Å². The van der Waals surface area contributed by atoms with E-state index in [0.717, 1.165) is 22.7 Å². The van der Waals surface area contributed by atoms with Gasteiger partial charge in [0.25, 0.3) is 0 Å². The number of nitrogen functional groups attached to an aromatic ring is 1. The van der Waals surface area contributed by atoms with Crippen molar-refractivity contribution in [2.75, 3.05) is 17.3 Å². The maximum atomic E-state index is 13.7. The lowest BCUT2D eigenvalue weighted by atomic mass is 10.1. The molecule has 0 spiro atoms. The molecule has 4 N–H and O–H groups in total. The summed E-state index contributed by atoms with van der Waals surface area (Å²) in [5.74, 6) is -2.17. The molecule has 0 heterocycles. The normalized spacial score (nSPS) is 10.3. The van der Waals surface area contributed by atoms with Crippen molar-refractivity contribution in [3.63, 3.8) is 0 Å². The standard InChI is InChI=1S/C14H13FN2O2S/c1-20-13-5-3-2-4-11(13)17-12-7-9(15)8(14(18)19)6-10(12)16/h2-7,17H,16H2,1H3,(H,18,19). The fourth-order valence-corrected chi connectivity index (χ4v) is 2.31. The Morgan fingerprint density at radius 2 is 2.00 bits per heavy atom. The third kappa shape index (κ3) is 2.85. The van der Waals surface area contributed by atoms with Gasteiger partial charge in [-0.3, -0.25) is 0 Å². The molecule has 0 radical (unpaired) electrons. The Hall–Kier alpha value is -2.21. The van der Waals surface area contributed by atoms with Crippen LogP contribution in [-0.2, 0) is 0 Å². The van der Waals surface area contributed by atoms with E-state index in [0.29, 0.717) is 5.69 Å². The summed E-state index contributed by atoms with van der Waals surface area (Å²) in [5.41, 5.74) is 6.64. The first-order valence-electron chi connectivity index (χ1n) is 5.75. The Morgan fingerprint density at radius 3 is 2.65 bits per heavy atom. The fraction of sp³-hybridized carbons (Fsp3) is 0.0714. The van der Waals surface area contributed by atoms with Gasteiger partial charge in [-0.15, -0.1) is 11.8 Å². The van der Waals surface area contributed by atoms with Gasteiger partial charge in [-0.25, -0.2) is 9.18 Å². The molecule has 4 nitrogen and oxygen atoms in total. The van der Waals surface area contributed by atoms with E-state index in [4.69, 9.17) is 10.8 Å². The Balaban J connectivity index is 2.39. The van der Waals surface area contributed by atoms with Gasteiger partial charge in [0, 0.05) is 11.0 Å². The SMILES string of the molecule is CSc1ccccc1Nc1cc(F)c(C(=O)O)cc1N. The summed E-state index contributed by atoms with van der Waals surface area (Å²) in [6.07, 6.45) is 1.93. The van der Waals surface area contributed by atoms with Gasteiger partial charge in [-0.1, -0.05) is 12.1 Å². The van der Waals surface area contributed by atoms with Crippen LogP contribution >= 0.6 is 11.8 Å². The fourth-order valence-electron chi connectivity index (χ4n) is 1.76. The monoisotopic (exact) mass is 292 g/mol. The molecule has 0 aromatic heterocycles. The average molecular weight is 292 g/mol. The second-order valence-corrected chi connectivity index (χ2v) is 4.90. The first-order valence-corrected chi connectivity index (χ1v) is 6.97. The molecular weight excluding hydrogens is 279 g/mol. The molecule has 0 fully saturated rings. The minimum atomic E-state index is -1.34. The Bertz CT molecular complexity index is 662. The summed E-state index contributed by atoms with van der Waals surface area (Å²) in [6, 6.07) is 9.71. The molecule has 104 valence electrons. The lowest BCUT2D eigenvalue weighted by Gasteiger charge is -2.13. The van der Waals surface area contributed by atoms with Crippen molar-refractivity contribution in [1.82, 2.24) is 0 Å². The average Bonchev–Trinajstić information content (AvgIpc) is 2.42. The molecule has 0 saturated heterocycles. The summed E-state index contributed by atoms with van der Waals surface area (Å²) in [4.78, 5) is 11.8. The second-order valence-electron chi connectivity index (χ2n) is 4.05. The summed E-state index contributed by atoms with van der Waals surface area (Å²) in [5, 5.41) is 11.9. The molecule has 20 heavy (non-hydrogen) atoms. The van der Waals surface area contributed by atoms with Crippen LogP contribution in [0.2, 0.25) is 0 Å². The predicted molar refractivity (Wildman–Crippen MR) is 79.3 cm³/mol. The zero-order chi connectivity index (χ0) is 14.7.